The van der Waals surface area contributed by atoms with E-state index in [2.05, 4.69) is 0 Å². The zero-order valence-corrected chi connectivity index (χ0v) is 17.8. The molecule has 1 heterocycles. The second-order valence-electron chi connectivity index (χ2n) is 7.42. The van der Waals surface area contributed by atoms with E-state index in [1.54, 1.807) is 28.8 Å². The minimum atomic E-state index is -0.480. The highest BCUT2D eigenvalue weighted by atomic mass is 32.2. The lowest BCUT2D eigenvalue weighted by Gasteiger charge is -2.37. The van der Waals surface area contributed by atoms with E-state index in [4.69, 9.17) is 4.74 Å². The maximum atomic E-state index is 13.3. The van der Waals surface area contributed by atoms with Crippen LogP contribution in [0.25, 0.3) is 0 Å². The van der Waals surface area contributed by atoms with E-state index in [-0.39, 0.29) is 18.6 Å². The highest BCUT2D eigenvalue weighted by molar-refractivity contribution is 7.99. The molecule has 0 N–H and O–H groups in total. The minimum Gasteiger partial charge on any atom is -0.452 e. The van der Waals surface area contributed by atoms with Gasteiger partial charge in [0.25, 0.3) is 5.91 Å². The summed E-state index contributed by atoms with van der Waals surface area (Å²) in [6.45, 7) is 3.57. The number of aryl methyl sites for hydroxylation is 2. The molecule has 30 heavy (non-hydrogen) atoms. The van der Waals surface area contributed by atoms with Gasteiger partial charge in [0.2, 0.25) is 0 Å². The van der Waals surface area contributed by atoms with Crippen LogP contribution in [0.4, 0.5) is 5.69 Å². The predicted octanol–water partition coefficient (Wildman–Crippen LogP) is 5.34. The Morgan fingerprint density at radius 2 is 1.63 bits per heavy atom. The number of para-hydroxylation sites is 1. The molecule has 4 nitrogen and oxygen atoms in total. The molecule has 3 aromatic rings. The number of amides is 1. The normalized spacial score (nSPS) is 15.4. The zero-order chi connectivity index (χ0) is 21.1. The molecule has 0 radical (unpaired) electrons. The molecule has 0 unspecified atom stereocenters. The molecule has 1 atom stereocenters. The van der Waals surface area contributed by atoms with E-state index in [0.717, 1.165) is 33.0 Å². The van der Waals surface area contributed by atoms with Crippen molar-refractivity contribution in [3.05, 3.63) is 95.1 Å². The summed E-state index contributed by atoms with van der Waals surface area (Å²) in [7, 11) is 0. The van der Waals surface area contributed by atoms with E-state index < -0.39 is 5.97 Å². The average Bonchev–Trinajstić information content (AvgIpc) is 2.76. The van der Waals surface area contributed by atoms with Gasteiger partial charge in [-0.3, -0.25) is 9.69 Å². The number of ether oxygens (including phenoxy) is 1. The Balaban J connectivity index is 1.57. The summed E-state index contributed by atoms with van der Waals surface area (Å²) in [5.74, 6) is 0.0399. The number of benzene rings is 3. The summed E-state index contributed by atoms with van der Waals surface area (Å²) >= 11 is 1.74. The number of fused-ring (bicyclic) bond motifs is 1. The summed E-state index contributed by atoms with van der Waals surface area (Å²) in [5.41, 5.74) is 4.36. The van der Waals surface area contributed by atoms with E-state index in [0.29, 0.717) is 5.56 Å². The number of rotatable bonds is 4. The van der Waals surface area contributed by atoms with Gasteiger partial charge in [-0.15, -0.1) is 11.8 Å². The van der Waals surface area contributed by atoms with Crippen molar-refractivity contribution in [2.24, 2.45) is 0 Å². The smallest absolute Gasteiger partial charge is 0.338 e. The molecule has 1 aliphatic heterocycles. The van der Waals surface area contributed by atoms with Crippen LogP contribution >= 0.6 is 11.8 Å². The Morgan fingerprint density at radius 1 is 0.967 bits per heavy atom. The van der Waals surface area contributed by atoms with E-state index >= 15 is 0 Å². The number of nitrogens with zero attached hydrogens (tertiary/aromatic N) is 1. The third kappa shape index (κ3) is 4.26. The van der Waals surface area contributed by atoms with Crippen LogP contribution in [0.15, 0.2) is 77.7 Å². The molecule has 1 amide bonds. The average molecular weight is 418 g/mol. The standard InChI is InChI=1S/C25H23NO3S/c1-17-12-18(2)14-20(13-17)25(28)29-15-24(27)26-21-10-6-7-11-23(21)30-16-22(26)19-8-4-3-5-9-19/h3-14,22H,15-16H2,1-2H3/t22-/m1/s1. The Morgan fingerprint density at radius 3 is 2.37 bits per heavy atom. The summed E-state index contributed by atoms with van der Waals surface area (Å²) in [6.07, 6.45) is 0. The first kappa shape index (κ1) is 20.2. The summed E-state index contributed by atoms with van der Waals surface area (Å²) in [4.78, 5) is 28.6. The monoisotopic (exact) mass is 417 g/mol. The van der Waals surface area contributed by atoms with Crippen LogP contribution in [0.3, 0.4) is 0 Å². The second kappa shape index (κ2) is 8.76. The van der Waals surface area contributed by atoms with Gasteiger partial charge >= 0.3 is 5.97 Å². The second-order valence-corrected chi connectivity index (χ2v) is 8.48. The third-order valence-electron chi connectivity index (χ3n) is 5.07. The maximum absolute atomic E-state index is 13.3. The molecule has 1 aliphatic rings. The first-order valence-electron chi connectivity index (χ1n) is 9.87. The van der Waals surface area contributed by atoms with Crippen LogP contribution in [0.5, 0.6) is 0 Å². The number of thioether (sulfide) groups is 1. The first-order chi connectivity index (χ1) is 14.5. The lowest BCUT2D eigenvalue weighted by Crippen LogP contribution is -2.41. The molecule has 0 fully saturated rings. The van der Waals surface area contributed by atoms with Gasteiger partial charge in [-0.25, -0.2) is 4.79 Å². The topological polar surface area (TPSA) is 46.6 Å². The molecule has 0 spiro atoms. The van der Waals surface area contributed by atoms with Gasteiger partial charge in [0.1, 0.15) is 0 Å². The Labute approximate surface area is 180 Å². The molecule has 3 aromatic carbocycles. The molecule has 0 saturated carbocycles. The molecule has 5 heteroatoms. The quantitative estimate of drug-likeness (QED) is 0.538. The minimum absolute atomic E-state index is 0.112. The van der Waals surface area contributed by atoms with Gasteiger partial charge in [0.15, 0.2) is 6.61 Å². The van der Waals surface area contributed by atoms with Crippen molar-refractivity contribution < 1.29 is 14.3 Å². The zero-order valence-electron chi connectivity index (χ0n) is 17.0. The van der Waals surface area contributed by atoms with Gasteiger partial charge in [0, 0.05) is 10.6 Å². The van der Waals surface area contributed by atoms with Crippen LogP contribution in [0.1, 0.15) is 33.1 Å². The van der Waals surface area contributed by atoms with Gasteiger partial charge < -0.3 is 4.74 Å². The van der Waals surface area contributed by atoms with E-state index in [1.807, 2.05) is 74.5 Å². The molecule has 152 valence electrons. The first-order valence-corrected chi connectivity index (χ1v) is 10.9. The fourth-order valence-corrected chi connectivity index (χ4v) is 4.96. The molecule has 0 saturated heterocycles. The SMILES string of the molecule is Cc1cc(C)cc(C(=O)OCC(=O)N2c3ccccc3SC[C@@H]2c2ccccc2)c1. The van der Waals surface area contributed by atoms with Crippen LogP contribution in [-0.2, 0) is 9.53 Å². The largest absolute Gasteiger partial charge is 0.452 e. The van der Waals surface area contributed by atoms with Crippen molar-refractivity contribution in [3.63, 3.8) is 0 Å². The Kier molecular flexibility index (Phi) is 5.91. The number of hydrogen-bond acceptors (Lipinski definition) is 4. The fraction of sp³-hybridized carbons (Fsp3) is 0.200. The molecular weight excluding hydrogens is 394 g/mol. The van der Waals surface area contributed by atoms with Crippen molar-refractivity contribution >= 4 is 29.3 Å². The number of anilines is 1. The van der Waals surface area contributed by atoms with Gasteiger partial charge in [-0.1, -0.05) is 59.7 Å². The molecular formula is C25H23NO3S. The van der Waals surface area contributed by atoms with Crippen molar-refractivity contribution in [2.45, 2.75) is 24.8 Å². The fourth-order valence-electron chi connectivity index (χ4n) is 3.79. The van der Waals surface area contributed by atoms with Crippen molar-refractivity contribution in [1.82, 2.24) is 0 Å². The molecule has 0 bridgehead atoms. The van der Waals surface area contributed by atoms with Crippen LogP contribution in [0, 0.1) is 13.8 Å². The summed E-state index contributed by atoms with van der Waals surface area (Å²) < 4.78 is 5.42. The van der Waals surface area contributed by atoms with Gasteiger partial charge in [-0.05, 0) is 43.7 Å². The van der Waals surface area contributed by atoms with Crippen LogP contribution < -0.4 is 4.90 Å². The summed E-state index contributed by atoms with van der Waals surface area (Å²) in [6, 6.07) is 23.3. The number of hydrogen-bond donors (Lipinski definition) is 0. The van der Waals surface area contributed by atoms with E-state index in [1.165, 1.54) is 0 Å². The Bertz CT molecular complexity index is 1060. The summed E-state index contributed by atoms with van der Waals surface area (Å²) in [5, 5.41) is 0. The molecule has 4 rings (SSSR count). The van der Waals surface area contributed by atoms with E-state index in [9.17, 15) is 9.59 Å². The van der Waals surface area contributed by atoms with Crippen molar-refractivity contribution in [1.29, 1.82) is 0 Å². The highest BCUT2D eigenvalue weighted by Crippen LogP contribution is 2.43. The third-order valence-corrected chi connectivity index (χ3v) is 6.21. The molecule has 0 aliphatic carbocycles. The Hall–Kier alpha value is -3.05. The van der Waals surface area contributed by atoms with Gasteiger partial charge in [-0.2, -0.15) is 0 Å². The number of carbonyl (C=O) groups excluding carboxylic acids is 2. The highest BCUT2D eigenvalue weighted by Gasteiger charge is 2.33. The predicted molar refractivity (Wildman–Crippen MR) is 120 cm³/mol. The number of carbonyl (C=O) groups is 2. The van der Waals surface area contributed by atoms with Crippen molar-refractivity contribution in [3.8, 4) is 0 Å². The lowest BCUT2D eigenvalue weighted by molar-refractivity contribution is -0.122. The van der Waals surface area contributed by atoms with Crippen LogP contribution in [-0.4, -0.2) is 24.2 Å². The maximum Gasteiger partial charge on any atom is 0.338 e. The molecule has 0 aromatic heterocycles. The number of esters is 1. The van der Waals surface area contributed by atoms with Crippen molar-refractivity contribution in [2.75, 3.05) is 17.3 Å². The van der Waals surface area contributed by atoms with Gasteiger partial charge in [0.05, 0.1) is 17.3 Å². The van der Waals surface area contributed by atoms with Crippen LogP contribution in [0.2, 0.25) is 0 Å². The lowest BCUT2D eigenvalue weighted by atomic mass is 10.1.